The molecule has 1 heterocycles. The zero-order chi connectivity index (χ0) is 16.0. The minimum atomic E-state index is -1.22. The first kappa shape index (κ1) is 16.8. The molecule has 1 aliphatic rings. The maximum Gasteiger partial charge on any atom is 0.303 e. The van der Waals surface area contributed by atoms with Gasteiger partial charge in [0.25, 0.3) is 0 Å². The highest BCUT2D eigenvalue weighted by Gasteiger charge is 2.47. The van der Waals surface area contributed by atoms with Gasteiger partial charge in [0.15, 0.2) is 18.3 Å². The van der Waals surface area contributed by atoms with Crippen molar-refractivity contribution in [1.82, 2.24) is 0 Å². The lowest BCUT2D eigenvalue weighted by Crippen LogP contribution is -2.56. The van der Waals surface area contributed by atoms with Gasteiger partial charge in [-0.1, -0.05) is 0 Å². The number of hydrogen-bond donors (Lipinski definition) is 0. The van der Waals surface area contributed by atoms with Crippen molar-refractivity contribution >= 4 is 24.0 Å². The molecule has 0 amide bonds. The summed E-state index contributed by atoms with van der Waals surface area (Å²) in [6, 6.07) is 0. The van der Waals surface area contributed by atoms with Crippen molar-refractivity contribution in [1.29, 1.82) is 0 Å². The van der Waals surface area contributed by atoms with Gasteiger partial charge in [-0.15, -0.1) is 0 Å². The molecule has 0 radical (unpaired) electrons. The summed E-state index contributed by atoms with van der Waals surface area (Å²) in [5.41, 5.74) is 0. The number of esters is 3. The number of aliphatic imine (C=N–C) groups is 1. The molecule has 116 valence electrons. The molecule has 1 rings (SSSR count). The second-order valence-electron chi connectivity index (χ2n) is 4.24. The summed E-state index contributed by atoms with van der Waals surface area (Å²) in [5, 5.41) is 0. The highest BCUT2D eigenvalue weighted by atomic mass is 16.6. The van der Waals surface area contributed by atoms with E-state index in [1.165, 1.54) is 13.0 Å². The first-order valence-electron chi connectivity index (χ1n) is 6.05. The first-order chi connectivity index (χ1) is 9.85. The van der Waals surface area contributed by atoms with Gasteiger partial charge in [-0.05, 0) is 0 Å². The molecule has 0 aliphatic carbocycles. The minimum Gasteiger partial charge on any atom is -0.456 e. The van der Waals surface area contributed by atoms with Crippen LogP contribution in [0.1, 0.15) is 20.8 Å². The molecule has 1 saturated heterocycles. The van der Waals surface area contributed by atoms with Gasteiger partial charge in [0.05, 0.1) is 6.61 Å². The molecular formula is C12H15NO8. The summed E-state index contributed by atoms with van der Waals surface area (Å²) < 4.78 is 20.2. The van der Waals surface area contributed by atoms with Gasteiger partial charge >= 0.3 is 17.9 Å². The quantitative estimate of drug-likeness (QED) is 0.294. The fourth-order valence-corrected chi connectivity index (χ4v) is 1.89. The van der Waals surface area contributed by atoms with E-state index in [9.17, 15) is 19.2 Å². The van der Waals surface area contributed by atoms with Crippen LogP contribution in [0.5, 0.6) is 0 Å². The van der Waals surface area contributed by atoms with Crippen LogP contribution in [0.2, 0.25) is 0 Å². The van der Waals surface area contributed by atoms with Crippen LogP contribution in [0.3, 0.4) is 0 Å². The summed E-state index contributed by atoms with van der Waals surface area (Å²) in [5.74, 6) is -2.00. The van der Waals surface area contributed by atoms with E-state index in [-0.39, 0.29) is 6.61 Å². The largest absolute Gasteiger partial charge is 0.456 e. The Morgan fingerprint density at radius 3 is 2.00 bits per heavy atom. The Morgan fingerprint density at radius 2 is 1.52 bits per heavy atom. The molecule has 9 nitrogen and oxygen atoms in total. The average molecular weight is 301 g/mol. The molecule has 1 fully saturated rings. The summed E-state index contributed by atoms with van der Waals surface area (Å²) in [7, 11) is 0. The maximum absolute atomic E-state index is 11.2. The van der Waals surface area contributed by atoms with E-state index in [0.29, 0.717) is 0 Å². The smallest absolute Gasteiger partial charge is 0.303 e. The van der Waals surface area contributed by atoms with Gasteiger partial charge in [-0.2, -0.15) is 4.99 Å². The van der Waals surface area contributed by atoms with Crippen LogP contribution in [0.25, 0.3) is 0 Å². The predicted molar refractivity (Wildman–Crippen MR) is 64.5 cm³/mol. The number of isocyanates is 1. The van der Waals surface area contributed by atoms with E-state index in [1.54, 1.807) is 0 Å². The Labute approximate surface area is 120 Å². The topological polar surface area (TPSA) is 118 Å². The molecule has 0 aromatic heterocycles. The second-order valence-corrected chi connectivity index (χ2v) is 4.24. The van der Waals surface area contributed by atoms with Crippen LogP contribution in [0.4, 0.5) is 0 Å². The summed E-state index contributed by atoms with van der Waals surface area (Å²) in [6.07, 6.45) is -3.24. The zero-order valence-electron chi connectivity index (χ0n) is 11.7. The van der Waals surface area contributed by atoms with Gasteiger partial charge in [0, 0.05) is 20.8 Å². The van der Waals surface area contributed by atoms with Crippen LogP contribution in [-0.2, 0) is 38.1 Å². The molecule has 0 aromatic rings. The Bertz CT molecular complexity index is 470. The van der Waals surface area contributed by atoms with Crippen LogP contribution in [-0.4, -0.2) is 55.1 Å². The van der Waals surface area contributed by atoms with Crippen molar-refractivity contribution in [3.8, 4) is 0 Å². The van der Waals surface area contributed by atoms with E-state index in [2.05, 4.69) is 4.99 Å². The van der Waals surface area contributed by atoms with Gasteiger partial charge in [0.2, 0.25) is 12.3 Å². The fourth-order valence-electron chi connectivity index (χ4n) is 1.89. The van der Waals surface area contributed by atoms with Crippen molar-refractivity contribution in [2.45, 2.75) is 45.3 Å². The molecular weight excluding hydrogens is 286 g/mol. The third-order valence-corrected chi connectivity index (χ3v) is 2.50. The molecule has 0 spiro atoms. The van der Waals surface area contributed by atoms with Crippen LogP contribution < -0.4 is 0 Å². The van der Waals surface area contributed by atoms with Crippen LogP contribution in [0, 0.1) is 0 Å². The number of nitrogens with zero attached hydrogens (tertiary/aromatic N) is 1. The van der Waals surface area contributed by atoms with Crippen LogP contribution >= 0.6 is 0 Å². The first-order valence-corrected chi connectivity index (χ1v) is 6.05. The summed E-state index contributed by atoms with van der Waals surface area (Å²) in [4.78, 5) is 47.2. The molecule has 9 heteroatoms. The Balaban J connectivity index is 3.05. The third kappa shape index (κ3) is 4.97. The lowest BCUT2D eigenvalue weighted by atomic mass is 10.0. The lowest BCUT2D eigenvalue weighted by Gasteiger charge is -2.38. The highest BCUT2D eigenvalue weighted by molar-refractivity contribution is 5.68. The lowest BCUT2D eigenvalue weighted by molar-refractivity contribution is -0.224. The highest BCUT2D eigenvalue weighted by Crippen LogP contribution is 2.24. The number of ether oxygens (including phenoxy) is 4. The standard InChI is InChI=1S/C12H15NO8/c1-6(15)19-9-4-18-12(13-5-14)11(21-8(3)17)10(9)20-7(2)16/h9-12H,4H2,1-3H3/t9-,10+,11-,12+/m1/s1. The average Bonchev–Trinajstić information content (AvgIpc) is 2.35. The van der Waals surface area contributed by atoms with E-state index in [4.69, 9.17) is 18.9 Å². The van der Waals surface area contributed by atoms with Crippen molar-refractivity contribution in [2.24, 2.45) is 4.99 Å². The molecule has 4 atom stereocenters. The molecule has 0 aromatic carbocycles. The van der Waals surface area contributed by atoms with Crippen molar-refractivity contribution in [2.75, 3.05) is 6.61 Å². The van der Waals surface area contributed by atoms with E-state index >= 15 is 0 Å². The van der Waals surface area contributed by atoms with Gasteiger partial charge in [-0.25, -0.2) is 4.79 Å². The monoisotopic (exact) mass is 301 g/mol. The van der Waals surface area contributed by atoms with Gasteiger partial charge in [0.1, 0.15) is 0 Å². The van der Waals surface area contributed by atoms with Crippen LogP contribution in [0.15, 0.2) is 4.99 Å². The Kier molecular flexibility index (Phi) is 6.01. The van der Waals surface area contributed by atoms with E-state index < -0.39 is 42.4 Å². The molecule has 0 N–H and O–H groups in total. The van der Waals surface area contributed by atoms with Crippen molar-refractivity contribution < 1.29 is 38.1 Å². The Hall–Kier alpha value is -2.25. The minimum absolute atomic E-state index is 0.175. The molecule has 0 saturated carbocycles. The summed E-state index contributed by atoms with van der Waals surface area (Å²) in [6.45, 7) is 3.26. The zero-order valence-corrected chi connectivity index (χ0v) is 11.7. The predicted octanol–water partition coefficient (Wildman–Crippen LogP) is -0.526. The Morgan fingerprint density at radius 1 is 1.00 bits per heavy atom. The molecule has 21 heavy (non-hydrogen) atoms. The van der Waals surface area contributed by atoms with Gasteiger partial charge in [-0.3, -0.25) is 14.4 Å². The number of carbonyl (C=O) groups is 3. The van der Waals surface area contributed by atoms with E-state index in [1.807, 2.05) is 0 Å². The van der Waals surface area contributed by atoms with Crippen molar-refractivity contribution in [3.63, 3.8) is 0 Å². The molecule has 0 bridgehead atoms. The molecule has 1 aliphatic heterocycles. The van der Waals surface area contributed by atoms with E-state index in [0.717, 1.165) is 13.8 Å². The second kappa shape index (κ2) is 7.51. The number of rotatable bonds is 4. The SMILES string of the molecule is CC(=O)O[C@@H]1[C@@H](OC(C)=O)[C@@H](N=C=O)OC[C@H]1OC(C)=O. The van der Waals surface area contributed by atoms with Crippen molar-refractivity contribution in [3.05, 3.63) is 0 Å². The normalized spacial score (nSPS) is 28.0. The maximum atomic E-state index is 11.2. The number of carbonyl (C=O) groups excluding carboxylic acids is 4. The summed E-state index contributed by atoms with van der Waals surface area (Å²) >= 11 is 0. The number of hydrogen-bond acceptors (Lipinski definition) is 9. The third-order valence-electron chi connectivity index (χ3n) is 2.50. The molecule has 0 unspecified atom stereocenters. The van der Waals surface area contributed by atoms with Gasteiger partial charge < -0.3 is 18.9 Å². The fraction of sp³-hybridized carbons (Fsp3) is 0.667.